The Morgan fingerprint density at radius 2 is 1.40 bits per heavy atom. The lowest BCUT2D eigenvalue weighted by Gasteiger charge is -2.56. The maximum atomic E-state index is 12.6. The van der Waals surface area contributed by atoms with Crippen molar-refractivity contribution in [3.63, 3.8) is 0 Å². The predicted octanol–water partition coefficient (Wildman–Crippen LogP) is 6.24. The van der Waals surface area contributed by atoms with E-state index in [1.54, 1.807) is 0 Å². The van der Waals surface area contributed by atoms with Gasteiger partial charge < -0.3 is 5.32 Å². The minimum atomic E-state index is 0.121. The summed E-state index contributed by atoms with van der Waals surface area (Å²) in [4.78, 5) is 12.6. The number of amides is 1. The van der Waals surface area contributed by atoms with Crippen LogP contribution in [0.5, 0.6) is 0 Å². The van der Waals surface area contributed by atoms with Crippen LogP contribution < -0.4 is 5.32 Å². The Morgan fingerprint density at radius 3 is 2.23 bits per heavy atom. The summed E-state index contributed by atoms with van der Waals surface area (Å²) in [6.45, 7) is 0. The van der Waals surface area contributed by atoms with Crippen LogP contribution in [0.15, 0.2) is 42.5 Å². The number of hydrogen-bond acceptors (Lipinski definition) is 1. The highest BCUT2D eigenvalue weighted by Gasteiger charge is 2.52. The van der Waals surface area contributed by atoms with Crippen LogP contribution in [-0.4, -0.2) is 11.9 Å². The Morgan fingerprint density at radius 1 is 0.733 bits per heavy atom. The van der Waals surface area contributed by atoms with Gasteiger partial charge in [0.1, 0.15) is 0 Å². The molecule has 0 spiro atoms. The van der Waals surface area contributed by atoms with Gasteiger partial charge in [-0.05, 0) is 124 Å². The summed E-state index contributed by atoms with van der Waals surface area (Å²) in [6.07, 6.45) is 19.0. The molecule has 160 valence electrons. The lowest BCUT2D eigenvalue weighted by Crippen LogP contribution is -2.50. The Kier molecular flexibility index (Phi) is 5.00. The second-order valence-corrected chi connectivity index (χ2v) is 11.2. The normalized spacial score (nSPS) is 44.3. The fraction of sp³-hybridized carbons (Fsp3) is 0.679. The third-order valence-electron chi connectivity index (χ3n) is 10.0. The number of nitrogens with one attached hydrogen (secondary N) is 1. The van der Waals surface area contributed by atoms with E-state index < -0.39 is 0 Å². The molecule has 5 aliphatic rings. The Labute approximate surface area is 181 Å². The lowest BCUT2D eigenvalue weighted by atomic mass is 9.49. The van der Waals surface area contributed by atoms with E-state index in [-0.39, 0.29) is 5.91 Å². The van der Waals surface area contributed by atoms with Gasteiger partial charge in [-0.1, -0.05) is 30.4 Å². The molecule has 0 saturated heterocycles. The first kappa shape index (κ1) is 19.1. The Bertz CT molecular complexity index is 800. The van der Waals surface area contributed by atoms with Crippen LogP contribution in [0.4, 0.5) is 0 Å². The van der Waals surface area contributed by atoms with Crippen LogP contribution >= 0.6 is 0 Å². The zero-order valence-corrected chi connectivity index (χ0v) is 18.2. The molecule has 2 heteroatoms. The quantitative estimate of drug-likeness (QED) is 0.582. The molecule has 1 aromatic carbocycles. The minimum absolute atomic E-state index is 0.121. The molecule has 30 heavy (non-hydrogen) atoms. The summed E-state index contributed by atoms with van der Waals surface area (Å²) >= 11 is 0. The third kappa shape index (κ3) is 3.26. The number of hydrogen-bond donors (Lipinski definition) is 1. The first-order valence-corrected chi connectivity index (χ1v) is 12.8. The van der Waals surface area contributed by atoms with Crippen LogP contribution in [0.3, 0.4) is 0 Å². The molecule has 1 aromatic rings. The summed E-state index contributed by atoms with van der Waals surface area (Å²) in [7, 11) is 0. The van der Waals surface area contributed by atoms with E-state index in [0.29, 0.717) is 6.04 Å². The van der Waals surface area contributed by atoms with Gasteiger partial charge in [0.15, 0.2) is 0 Å². The summed E-state index contributed by atoms with van der Waals surface area (Å²) < 4.78 is 0. The smallest absolute Gasteiger partial charge is 0.251 e. The van der Waals surface area contributed by atoms with Crippen molar-refractivity contribution < 1.29 is 4.79 Å². The highest BCUT2D eigenvalue weighted by atomic mass is 16.1. The second kappa shape index (κ2) is 7.84. The summed E-state index contributed by atoms with van der Waals surface area (Å²) in [6, 6.07) is 10.1. The second-order valence-electron chi connectivity index (χ2n) is 11.2. The average Bonchev–Trinajstić information content (AvgIpc) is 3.28. The van der Waals surface area contributed by atoms with Gasteiger partial charge in [-0.15, -0.1) is 0 Å². The zero-order chi connectivity index (χ0) is 20.1. The zero-order valence-electron chi connectivity index (χ0n) is 18.2. The van der Waals surface area contributed by atoms with Gasteiger partial charge in [0.25, 0.3) is 5.91 Å². The van der Waals surface area contributed by atoms with Crippen molar-refractivity contribution in [1.82, 2.24) is 5.32 Å². The first-order chi connectivity index (χ1) is 14.8. The largest absolute Gasteiger partial charge is 0.349 e. The summed E-state index contributed by atoms with van der Waals surface area (Å²) in [5, 5.41) is 3.36. The van der Waals surface area contributed by atoms with Crippen molar-refractivity contribution in [3.8, 4) is 0 Å². The molecule has 2 nitrogen and oxygen atoms in total. The molecule has 9 atom stereocenters. The van der Waals surface area contributed by atoms with Gasteiger partial charge in [-0.25, -0.2) is 0 Å². The molecule has 4 fully saturated rings. The van der Waals surface area contributed by atoms with Crippen molar-refractivity contribution in [2.75, 3.05) is 0 Å². The number of carbonyl (C=O) groups excluding carboxylic acids is 1. The molecule has 6 rings (SSSR count). The minimum Gasteiger partial charge on any atom is -0.349 e. The predicted molar refractivity (Wildman–Crippen MR) is 121 cm³/mol. The maximum Gasteiger partial charge on any atom is 0.251 e. The number of allylic oxidation sites excluding steroid dienone is 2. The van der Waals surface area contributed by atoms with Crippen LogP contribution in [0, 0.1) is 47.3 Å². The van der Waals surface area contributed by atoms with Crippen molar-refractivity contribution >= 4 is 5.91 Å². The van der Waals surface area contributed by atoms with E-state index in [9.17, 15) is 4.79 Å². The molecule has 0 heterocycles. The van der Waals surface area contributed by atoms with E-state index >= 15 is 0 Å². The van der Waals surface area contributed by atoms with E-state index in [1.807, 2.05) is 30.3 Å². The summed E-state index contributed by atoms with van der Waals surface area (Å²) in [5.74, 6) is 7.88. The molecular formula is C28H37NO. The Hall–Kier alpha value is -1.57. The molecule has 1 N–H and O–H groups in total. The lowest BCUT2D eigenvalue weighted by molar-refractivity contribution is -0.0660. The molecular weight excluding hydrogens is 366 g/mol. The van der Waals surface area contributed by atoms with Gasteiger partial charge >= 0.3 is 0 Å². The highest BCUT2D eigenvalue weighted by molar-refractivity contribution is 5.94. The summed E-state index contributed by atoms with van der Waals surface area (Å²) in [5.41, 5.74) is 0.804. The molecule has 9 unspecified atom stereocenters. The van der Waals surface area contributed by atoms with Gasteiger partial charge in [-0.3, -0.25) is 4.79 Å². The molecule has 0 bridgehead atoms. The van der Waals surface area contributed by atoms with Crippen LogP contribution in [0.25, 0.3) is 0 Å². The molecule has 0 aliphatic heterocycles. The van der Waals surface area contributed by atoms with E-state index in [4.69, 9.17) is 0 Å². The van der Waals surface area contributed by atoms with E-state index in [1.165, 1.54) is 64.2 Å². The van der Waals surface area contributed by atoms with Crippen molar-refractivity contribution in [1.29, 1.82) is 0 Å². The first-order valence-electron chi connectivity index (χ1n) is 12.8. The monoisotopic (exact) mass is 403 g/mol. The fourth-order valence-electron chi connectivity index (χ4n) is 8.86. The standard InChI is InChI=1S/C28H37NO/c30-28(19-5-2-1-3-6-19)29-21-11-14-23-20(17-21)10-13-27-25(23)16-15-24-22-8-4-7-18(22)9-12-26(24)27/h1-7,18,20-27H,8-17H2,(H,29,30). The topological polar surface area (TPSA) is 29.1 Å². The van der Waals surface area contributed by atoms with Gasteiger partial charge in [0.05, 0.1) is 0 Å². The van der Waals surface area contributed by atoms with Crippen molar-refractivity contribution in [3.05, 3.63) is 48.0 Å². The Balaban J connectivity index is 1.10. The number of carbonyl (C=O) groups is 1. The van der Waals surface area contributed by atoms with Crippen molar-refractivity contribution in [2.45, 2.75) is 70.3 Å². The van der Waals surface area contributed by atoms with Crippen LogP contribution in [0.1, 0.15) is 74.6 Å². The average molecular weight is 404 g/mol. The molecule has 4 saturated carbocycles. The molecule has 0 radical (unpaired) electrons. The number of benzene rings is 1. The van der Waals surface area contributed by atoms with Gasteiger partial charge in [0, 0.05) is 11.6 Å². The highest BCUT2D eigenvalue weighted by Crippen LogP contribution is 2.60. The maximum absolute atomic E-state index is 12.6. The fourth-order valence-corrected chi connectivity index (χ4v) is 8.86. The number of fused-ring (bicyclic) bond motifs is 7. The molecule has 1 amide bonds. The van der Waals surface area contributed by atoms with E-state index in [0.717, 1.165) is 52.9 Å². The molecule has 0 aromatic heterocycles. The van der Waals surface area contributed by atoms with Gasteiger partial charge in [0.2, 0.25) is 0 Å². The van der Waals surface area contributed by atoms with Crippen LogP contribution in [0.2, 0.25) is 0 Å². The van der Waals surface area contributed by atoms with Crippen molar-refractivity contribution in [2.24, 2.45) is 47.3 Å². The van der Waals surface area contributed by atoms with E-state index in [2.05, 4.69) is 17.5 Å². The molecule has 5 aliphatic carbocycles. The number of rotatable bonds is 2. The van der Waals surface area contributed by atoms with Gasteiger partial charge in [-0.2, -0.15) is 0 Å². The SMILES string of the molecule is O=C(NC1CCC2C(CCC3C2CCC2C4CC=CC4CCC23)C1)c1ccccc1. The third-order valence-corrected chi connectivity index (χ3v) is 10.0. The van der Waals surface area contributed by atoms with Crippen LogP contribution in [-0.2, 0) is 0 Å².